The summed E-state index contributed by atoms with van der Waals surface area (Å²) in [6.07, 6.45) is 1.13. The number of carbonyl (C=O) groups is 1. The van der Waals surface area contributed by atoms with E-state index in [4.69, 9.17) is 10.5 Å². The van der Waals surface area contributed by atoms with E-state index in [2.05, 4.69) is 0 Å². The molecule has 1 aromatic rings. The van der Waals surface area contributed by atoms with Gasteiger partial charge < -0.3 is 15.4 Å². The molecule has 104 valence electrons. The van der Waals surface area contributed by atoms with Gasteiger partial charge in [-0.05, 0) is 50.9 Å². The van der Waals surface area contributed by atoms with Gasteiger partial charge in [-0.1, -0.05) is 13.0 Å². The van der Waals surface area contributed by atoms with E-state index in [1.807, 2.05) is 43.9 Å². The molecule has 1 atom stereocenters. The van der Waals surface area contributed by atoms with Crippen molar-refractivity contribution in [3.8, 4) is 5.75 Å². The summed E-state index contributed by atoms with van der Waals surface area (Å²) in [6, 6.07) is 6.11. The third kappa shape index (κ3) is 2.59. The summed E-state index contributed by atoms with van der Waals surface area (Å²) >= 11 is 0. The predicted molar refractivity (Wildman–Crippen MR) is 76.5 cm³/mol. The molecule has 1 aromatic carbocycles. The molecule has 0 saturated heterocycles. The molecule has 1 aliphatic heterocycles. The molecule has 0 aromatic heterocycles. The highest BCUT2D eigenvalue weighted by Crippen LogP contribution is 2.36. The van der Waals surface area contributed by atoms with Crippen molar-refractivity contribution in [1.82, 2.24) is 0 Å². The first-order valence-corrected chi connectivity index (χ1v) is 6.91. The number of nitrogens with zero attached hydrogens (tertiary/aromatic N) is 1. The van der Waals surface area contributed by atoms with Crippen LogP contribution in [0.4, 0.5) is 5.69 Å². The number of amides is 1. The lowest BCUT2D eigenvalue weighted by molar-refractivity contribution is -0.126. The van der Waals surface area contributed by atoms with Gasteiger partial charge in [-0.15, -0.1) is 0 Å². The van der Waals surface area contributed by atoms with Crippen LogP contribution >= 0.6 is 0 Å². The van der Waals surface area contributed by atoms with Gasteiger partial charge >= 0.3 is 0 Å². The zero-order chi connectivity index (χ0) is 14.0. The summed E-state index contributed by atoms with van der Waals surface area (Å²) in [5.74, 6) is 0.843. The first kappa shape index (κ1) is 13.9. The highest BCUT2D eigenvalue weighted by Gasteiger charge is 2.34. The molecule has 0 saturated carbocycles. The van der Waals surface area contributed by atoms with Crippen LogP contribution in [0, 0.1) is 0 Å². The van der Waals surface area contributed by atoms with Gasteiger partial charge in [0.05, 0.1) is 5.69 Å². The first-order valence-electron chi connectivity index (χ1n) is 6.91. The van der Waals surface area contributed by atoms with E-state index < -0.39 is 0 Å². The molecule has 19 heavy (non-hydrogen) atoms. The van der Waals surface area contributed by atoms with Crippen molar-refractivity contribution in [3.63, 3.8) is 0 Å². The van der Waals surface area contributed by atoms with Gasteiger partial charge in [0.1, 0.15) is 5.75 Å². The van der Waals surface area contributed by atoms with Crippen LogP contribution in [0.2, 0.25) is 0 Å². The maximum absolute atomic E-state index is 12.4. The van der Waals surface area contributed by atoms with Crippen molar-refractivity contribution in [1.29, 1.82) is 0 Å². The number of nitrogens with two attached hydrogens (primary N) is 1. The van der Waals surface area contributed by atoms with E-state index in [1.165, 1.54) is 0 Å². The Morgan fingerprint density at radius 1 is 1.42 bits per heavy atom. The Bertz CT molecular complexity index is 471. The second-order valence-electron chi connectivity index (χ2n) is 5.16. The van der Waals surface area contributed by atoms with Crippen LogP contribution in [0.1, 0.15) is 32.8 Å². The number of benzene rings is 1. The SMILES string of the molecule is CCC1Oc2ccc(CCN)cc2N(C(C)C)C1=O. The molecule has 1 amide bonds. The third-order valence-electron chi connectivity index (χ3n) is 3.39. The fourth-order valence-electron chi connectivity index (χ4n) is 2.44. The molecule has 0 aliphatic carbocycles. The van der Waals surface area contributed by atoms with Crippen molar-refractivity contribution in [2.45, 2.75) is 45.8 Å². The van der Waals surface area contributed by atoms with Gasteiger partial charge in [-0.2, -0.15) is 0 Å². The summed E-state index contributed by atoms with van der Waals surface area (Å²) in [5.41, 5.74) is 7.60. The second-order valence-corrected chi connectivity index (χ2v) is 5.16. The Hall–Kier alpha value is -1.55. The van der Waals surface area contributed by atoms with Crippen LogP contribution in [-0.4, -0.2) is 24.6 Å². The van der Waals surface area contributed by atoms with Gasteiger partial charge in [-0.25, -0.2) is 0 Å². The number of hydrogen-bond donors (Lipinski definition) is 1. The van der Waals surface area contributed by atoms with Crippen LogP contribution in [-0.2, 0) is 11.2 Å². The molecular weight excluding hydrogens is 240 g/mol. The van der Waals surface area contributed by atoms with Gasteiger partial charge in [-0.3, -0.25) is 4.79 Å². The minimum absolute atomic E-state index is 0.0508. The average molecular weight is 262 g/mol. The number of fused-ring (bicyclic) bond motifs is 1. The predicted octanol–water partition coefficient (Wildman–Crippen LogP) is 2.10. The third-order valence-corrected chi connectivity index (χ3v) is 3.39. The maximum Gasteiger partial charge on any atom is 0.268 e. The molecule has 2 N–H and O–H groups in total. The summed E-state index contributed by atoms with van der Waals surface area (Å²) in [7, 11) is 0. The van der Waals surface area contributed by atoms with Crippen molar-refractivity contribution >= 4 is 11.6 Å². The number of rotatable bonds is 4. The molecule has 1 unspecified atom stereocenters. The summed E-state index contributed by atoms with van der Waals surface area (Å²) < 4.78 is 5.78. The lowest BCUT2D eigenvalue weighted by Crippen LogP contribution is -2.48. The van der Waals surface area contributed by atoms with E-state index >= 15 is 0 Å². The minimum Gasteiger partial charge on any atom is -0.478 e. The summed E-state index contributed by atoms with van der Waals surface area (Å²) in [6.45, 7) is 6.62. The van der Waals surface area contributed by atoms with Crippen LogP contribution in [0.5, 0.6) is 5.75 Å². The number of hydrogen-bond acceptors (Lipinski definition) is 3. The van der Waals surface area contributed by atoms with Crippen LogP contribution < -0.4 is 15.4 Å². The van der Waals surface area contributed by atoms with Crippen LogP contribution in [0.25, 0.3) is 0 Å². The Balaban J connectivity index is 2.44. The Kier molecular flexibility index (Phi) is 4.10. The van der Waals surface area contributed by atoms with Gasteiger partial charge in [0.15, 0.2) is 6.10 Å². The maximum atomic E-state index is 12.4. The molecule has 0 spiro atoms. The number of anilines is 1. The summed E-state index contributed by atoms with van der Waals surface area (Å²) in [4.78, 5) is 14.2. The van der Waals surface area contributed by atoms with Crippen molar-refractivity contribution in [3.05, 3.63) is 23.8 Å². The monoisotopic (exact) mass is 262 g/mol. The molecule has 0 radical (unpaired) electrons. The fourth-order valence-corrected chi connectivity index (χ4v) is 2.44. The van der Waals surface area contributed by atoms with E-state index in [1.54, 1.807) is 0 Å². The normalized spacial score (nSPS) is 18.5. The molecule has 0 bridgehead atoms. The van der Waals surface area contributed by atoms with Gasteiger partial charge in [0.25, 0.3) is 5.91 Å². The average Bonchev–Trinajstić information content (AvgIpc) is 2.37. The molecule has 4 heteroatoms. The summed E-state index contributed by atoms with van der Waals surface area (Å²) in [5, 5.41) is 0. The van der Waals surface area contributed by atoms with Crippen molar-refractivity contribution < 1.29 is 9.53 Å². The zero-order valence-corrected chi connectivity index (χ0v) is 11.8. The zero-order valence-electron chi connectivity index (χ0n) is 11.8. The Morgan fingerprint density at radius 3 is 2.74 bits per heavy atom. The molecular formula is C15H22N2O2. The van der Waals surface area contributed by atoms with E-state index in [0.29, 0.717) is 13.0 Å². The Labute approximate surface area is 114 Å². The first-order chi connectivity index (χ1) is 9.08. The Morgan fingerprint density at radius 2 is 2.16 bits per heavy atom. The van der Waals surface area contributed by atoms with Gasteiger partial charge in [0, 0.05) is 6.04 Å². The minimum atomic E-state index is -0.366. The van der Waals surface area contributed by atoms with Crippen molar-refractivity contribution in [2.75, 3.05) is 11.4 Å². The fraction of sp³-hybridized carbons (Fsp3) is 0.533. The molecule has 1 heterocycles. The van der Waals surface area contributed by atoms with Crippen LogP contribution in [0.15, 0.2) is 18.2 Å². The highest BCUT2D eigenvalue weighted by atomic mass is 16.5. The smallest absolute Gasteiger partial charge is 0.268 e. The quantitative estimate of drug-likeness (QED) is 0.904. The molecule has 4 nitrogen and oxygen atoms in total. The highest BCUT2D eigenvalue weighted by molar-refractivity contribution is 6.00. The number of carbonyl (C=O) groups excluding carboxylic acids is 1. The standard InChI is InChI=1S/C15H22N2O2/c1-4-13-15(18)17(10(2)3)12-9-11(7-8-16)5-6-14(12)19-13/h5-6,9-10,13H,4,7-8,16H2,1-3H3. The van der Waals surface area contributed by atoms with Gasteiger partial charge in [0.2, 0.25) is 0 Å². The van der Waals surface area contributed by atoms with Crippen LogP contribution in [0.3, 0.4) is 0 Å². The van der Waals surface area contributed by atoms with E-state index in [-0.39, 0.29) is 18.1 Å². The van der Waals surface area contributed by atoms with E-state index in [9.17, 15) is 4.79 Å². The van der Waals surface area contributed by atoms with Crippen molar-refractivity contribution in [2.24, 2.45) is 5.73 Å². The lowest BCUT2D eigenvalue weighted by Gasteiger charge is -2.36. The topological polar surface area (TPSA) is 55.6 Å². The van der Waals surface area contributed by atoms with E-state index in [0.717, 1.165) is 23.4 Å². The number of ether oxygens (including phenoxy) is 1. The molecule has 2 rings (SSSR count). The molecule has 1 aliphatic rings. The largest absolute Gasteiger partial charge is 0.478 e. The molecule has 0 fully saturated rings. The lowest BCUT2D eigenvalue weighted by atomic mass is 10.1. The second kappa shape index (κ2) is 5.61.